The van der Waals surface area contributed by atoms with Crippen molar-refractivity contribution in [3.05, 3.63) is 116 Å². The second-order valence-corrected chi connectivity index (χ2v) is 7.28. The van der Waals surface area contributed by atoms with Crippen molar-refractivity contribution >= 4 is 11.5 Å². The molecule has 2 aromatic heterocycles. The first kappa shape index (κ1) is 18.1. The number of rotatable bonds is 5. The lowest BCUT2D eigenvalue weighted by atomic mass is 10.1. The first-order valence-corrected chi connectivity index (χ1v) is 9.71. The van der Waals surface area contributed by atoms with Crippen LogP contribution in [-0.4, -0.2) is 25.0 Å². The first-order chi connectivity index (χ1) is 14.7. The van der Waals surface area contributed by atoms with E-state index in [0.717, 1.165) is 22.4 Å². The van der Waals surface area contributed by atoms with Gasteiger partial charge in [0.2, 0.25) is 0 Å². The van der Waals surface area contributed by atoms with E-state index < -0.39 is 5.69 Å². The van der Waals surface area contributed by atoms with Crippen molar-refractivity contribution in [2.75, 3.05) is 0 Å². The van der Waals surface area contributed by atoms with E-state index in [-0.39, 0.29) is 5.56 Å². The number of hydrogen-bond acceptors (Lipinski definition) is 4. The maximum Gasteiger partial charge on any atom is 0.330 e. The van der Waals surface area contributed by atoms with Crippen molar-refractivity contribution in [1.29, 1.82) is 0 Å². The molecule has 1 aliphatic heterocycles. The van der Waals surface area contributed by atoms with E-state index in [1.54, 1.807) is 6.20 Å². The molecule has 1 N–H and O–H groups in total. The summed E-state index contributed by atoms with van der Waals surface area (Å²) in [5, 5.41) is 4.43. The molecule has 0 saturated heterocycles. The lowest BCUT2D eigenvalue weighted by Gasteiger charge is -2.09. The van der Waals surface area contributed by atoms with Crippen molar-refractivity contribution in [2.24, 2.45) is 4.99 Å². The Balaban J connectivity index is 1.48. The average molecular weight is 397 g/mol. The summed E-state index contributed by atoms with van der Waals surface area (Å²) in [6, 6.07) is 19.7. The fourth-order valence-corrected chi connectivity index (χ4v) is 3.67. The number of nitrogens with zero attached hydrogens (tertiary/aromatic N) is 4. The lowest BCUT2D eigenvalue weighted by Crippen LogP contribution is -2.31. The summed E-state index contributed by atoms with van der Waals surface area (Å²) in [5.74, 6) is 0.429. The molecular formula is C23H19N5O2. The van der Waals surface area contributed by atoms with E-state index in [9.17, 15) is 9.59 Å². The zero-order valence-corrected chi connectivity index (χ0v) is 16.2. The Morgan fingerprint density at radius 2 is 1.57 bits per heavy atom. The Hall–Kier alpha value is -4.00. The van der Waals surface area contributed by atoms with Crippen molar-refractivity contribution in [2.45, 2.75) is 19.5 Å². The summed E-state index contributed by atoms with van der Waals surface area (Å²) in [7, 11) is 0. The van der Waals surface area contributed by atoms with Crippen LogP contribution in [0.5, 0.6) is 0 Å². The SMILES string of the molecule is O=c1[nH]c(=O)n(Cc2ccccc2)c2c1CC(c1cnn(Cc3ccccc3)c1)=N2. The van der Waals surface area contributed by atoms with Crippen molar-refractivity contribution in [3.63, 3.8) is 0 Å². The van der Waals surface area contributed by atoms with Gasteiger partial charge in [-0.1, -0.05) is 60.7 Å². The highest BCUT2D eigenvalue weighted by Gasteiger charge is 2.24. The number of benzene rings is 2. The molecule has 0 bridgehead atoms. The summed E-state index contributed by atoms with van der Waals surface area (Å²) in [5.41, 5.74) is 3.38. The number of aromatic nitrogens is 4. The first-order valence-electron chi connectivity index (χ1n) is 9.71. The van der Waals surface area contributed by atoms with Gasteiger partial charge in [-0.25, -0.2) is 9.79 Å². The van der Waals surface area contributed by atoms with Gasteiger partial charge < -0.3 is 0 Å². The number of hydrogen-bond donors (Lipinski definition) is 1. The van der Waals surface area contributed by atoms with Gasteiger partial charge in [-0.15, -0.1) is 0 Å². The molecule has 30 heavy (non-hydrogen) atoms. The summed E-state index contributed by atoms with van der Waals surface area (Å²) in [4.78, 5) is 32.0. The Labute approximate surface area is 172 Å². The van der Waals surface area contributed by atoms with E-state index >= 15 is 0 Å². The van der Waals surface area contributed by atoms with Crippen molar-refractivity contribution in [1.82, 2.24) is 19.3 Å². The summed E-state index contributed by atoms with van der Waals surface area (Å²) >= 11 is 0. The van der Waals surface area contributed by atoms with E-state index in [1.165, 1.54) is 4.57 Å². The summed E-state index contributed by atoms with van der Waals surface area (Å²) in [6.45, 7) is 1.00. The number of fused-ring (bicyclic) bond motifs is 1. The molecule has 0 spiro atoms. The van der Waals surface area contributed by atoms with Gasteiger partial charge in [-0.3, -0.25) is 19.0 Å². The number of H-pyrrole nitrogens is 1. The highest BCUT2D eigenvalue weighted by Crippen LogP contribution is 2.25. The molecule has 3 heterocycles. The van der Waals surface area contributed by atoms with Gasteiger partial charge in [0, 0.05) is 18.2 Å². The van der Waals surface area contributed by atoms with Crippen LogP contribution in [0.2, 0.25) is 0 Å². The second kappa shape index (κ2) is 7.44. The van der Waals surface area contributed by atoms with Crippen LogP contribution in [0.4, 0.5) is 5.82 Å². The molecule has 0 unspecified atom stereocenters. The zero-order valence-electron chi connectivity index (χ0n) is 16.2. The fraction of sp³-hybridized carbons (Fsp3) is 0.130. The molecule has 0 fully saturated rings. The molecule has 4 aromatic rings. The van der Waals surface area contributed by atoms with E-state index in [2.05, 4.69) is 15.1 Å². The Morgan fingerprint density at radius 1 is 0.900 bits per heavy atom. The molecule has 0 amide bonds. The summed E-state index contributed by atoms with van der Waals surface area (Å²) < 4.78 is 3.37. The van der Waals surface area contributed by atoms with Crippen LogP contribution in [0.1, 0.15) is 22.3 Å². The second-order valence-electron chi connectivity index (χ2n) is 7.28. The monoisotopic (exact) mass is 397 g/mol. The van der Waals surface area contributed by atoms with Crippen LogP contribution in [0.3, 0.4) is 0 Å². The van der Waals surface area contributed by atoms with Crippen LogP contribution in [0, 0.1) is 0 Å². The van der Waals surface area contributed by atoms with Gasteiger partial charge in [0.15, 0.2) is 0 Å². The lowest BCUT2D eigenvalue weighted by molar-refractivity contribution is 0.687. The van der Waals surface area contributed by atoms with Gasteiger partial charge in [0.1, 0.15) is 5.82 Å². The minimum Gasteiger partial charge on any atom is -0.274 e. The highest BCUT2D eigenvalue weighted by molar-refractivity contribution is 6.05. The van der Waals surface area contributed by atoms with Gasteiger partial charge in [-0.05, 0) is 11.1 Å². The number of aliphatic imine (C=N–C) groups is 1. The molecule has 7 nitrogen and oxygen atoms in total. The Bertz CT molecular complexity index is 1350. The van der Waals surface area contributed by atoms with Crippen LogP contribution in [-0.2, 0) is 19.5 Å². The number of nitrogens with one attached hydrogen (secondary N) is 1. The van der Waals surface area contributed by atoms with E-state index in [4.69, 9.17) is 0 Å². The highest BCUT2D eigenvalue weighted by atomic mass is 16.2. The minimum atomic E-state index is -0.452. The van der Waals surface area contributed by atoms with E-state index in [0.29, 0.717) is 30.9 Å². The largest absolute Gasteiger partial charge is 0.330 e. The molecule has 0 aliphatic carbocycles. The van der Waals surface area contributed by atoms with Crippen LogP contribution < -0.4 is 11.2 Å². The topological polar surface area (TPSA) is 85.0 Å². The molecule has 1 aliphatic rings. The standard InChI is InChI=1S/C23H19N5O2/c29-22-19-11-20(18-12-24-27(15-18)13-16-7-3-1-4-8-16)25-21(19)28(23(30)26-22)14-17-9-5-2-6-10-17/h1-10,12,15H,11,13-14H2,(H,26,29,30). The molecule has 148 valence electrons. The minimum absolute atomic E-state index is 0.350. The maximum atomic E-state index is 12.5. The van der Waals surface area contributed by atoms with Gasteiger partial charge in [0.25, 0.3) is 5.56 Å². The predicted molar refractivity (Wildman–Crippen MR) is 115 cm³/mol. The quantitative estimate of drug-likeness (QED) is 0.562. The molecule has 0 saturated carbocycles. The third-order valence-electron chi connectivity index (χ3n) is 5.19. The maximum absolute atomic E-state index is 12.5. The molecule has 2 aromatic carbocycles. The predicted octanol–water partition coefficient (Wildman–Crippen LogP) is 2.51. The van der Waals surface area contributed by atoms with Gasteiger partial charge in [0.05, 0.1) is 30.6 Å². The molecule has 0 radical (unpaired) electrons. The number of aromatic amines is 1. The third kappa shape index (κ3) is 3.41. The van der Waals surface area contributed by atoms with Crippen molar-refractivity contribution in [3.8, 4) is 0 Å². The Kier molecular flexibility index (Phi) is 4.48. The Morgan fingerprint density at radius 3 is 2.27 bits per heavy atom. The normalized spacial score (nSPS) is 12.6. The molecule has 7 heteroatoms. The van der Waals surface area contributed by atoms with Gasteiger partial charge in [-0.2, -0.15) is 5.10 Å². The molecule has 0 atom stereocenters. The van der Waals surface area contributed by atoms with Crippen LogP contribution in [0.25, 0.3) is 0 Å². The molecular weight excluding hydrogens is 378 g/mol. The fourth-order valence-electron chi connectivity index (χ4n) is 3.67. The van der Waals surface area contributed by atoms with Crippen molar-refractivity contribution < 1.29 is 0 Å². The van der Waals surface area contributed by atoms with Crippen LogP contribution in [0.15, 0.2) is 87.6 Å². The van der Waals surface area contributed by atoms with Crippen LogP contribution >= 0.6 is 0 Å². The average Bonchev–Trinajstić information content (AvgIpc) is 3.40. The summed E-state index contributed by atoms with van der Waals surface area (Å²) in [6.07, 6.45) is 4.05. The third-order valence-corrected chi connectivity index (χ3v) is 5.19. The smallest absolute Gasteiger partial charge is 0.274 e. The zero-order chi connectivity index (χ0) is 20.5. The van der Waals surface area contributed by atoms with E-state index in [1.807, 2.05) is 71.5 Å². The van der Waals surface area contributed by atoms with Gasteiger partial charge >= 0.3 is 5.69 Å². The molecule has 5 rings (SSSR count).